The minimum absolute atomic E-state index is 0.0717. The molecule has 1 aromatic carbocycles. The Morgan fingerprint density at radius 1 is 1.11 bits per heavy atom. The van der Waals surface area contributed by atoms with Crippen LogP contribution in [-0.2, 0) is 14.4 Å². The first kappa shape index (κ1) is 19.9. The third-order valence-electron chi connectivity index (χ3n) is 5.18. The lowest BCUT2D eigenvalue weighted by molar-refractivity contribution is -0.128. The molecule has 2 aromatic rings. The van der Waals surface area contributed by atoms with Crippen molar-refractivity contribution in [1.29, 1.82) is 0 Å². The van der Waals surface area contributed by atoms with Gasteiger partial charge >= 0.3 is 0 Å². The lowest BCUT2D eigenvalue weighted by atomic mass is 9.86. The fraction of sp³-hybridized carbons (Fsp3) is 0.409. The molecule has 1 saturated carbocycles. The van der Waals surface area contributed by atoms with E-state index in [2.05, 4.69) is 15.3 Å². The number of aromatic nitrogens is 2. The first-order chi connectivity index (χ1) is 13.3. The van der Waals surface area contributed by atoms with Crippen LogP contribution in [0.5, 0.6) is 0 Å². The van der Waals surface area contributed by atoms with Gasteiger partial charge in [0.1, 0.15) is 11.7 Å². The number of aryl methyl sites for hydroxylation is 3. The summed E-state index contributed by atoms with van der Waals surface area (Å²) in [6, 6.07) is 3.84. The molecule has 2 unspecified atom stereocenters. The summed E-state index contributed by atoms with van der Waals surface area (Å²) in [4.78, 5) is 46.2. The highest BCUT2D eigenvalue weighted by Gasteiger charge is 2.43. The number of amides is 1. The molecule has 1 fully saturated rings. The number of nitrogens with zero attached hydrogens (tertiary/aromatic N) is 2. The molecule has 1 aromatic heterocycles. The van der Waals surface area contributed by atoms with Crippen molar-refractivity contribution in [2.45, 2.75) is 46.5 Å². The Labute approximate surface area is 164 Å². The molecule has 0 saturated heterocycles. The van der Waals surface area contributed by atoms with Gasteiger partial charge in [0.2, 0.25) is 5.91 Å². The molecule has 1 aliphatic rings. The van der Waals surface area contributed by atoms with E-state index in [1.54, 1.807) is 12.4 Å². The van der Waals surface area contributed by atoms with Crippen molar-refractivity contribution in [2.75, 3.05) is 6.54 Å². The van der Waals surface area contributed by atoms with Crippen LogP contribution in [0.3, 0.4) is 0 Å². The molecule has 1 heterocycles. The van der Waals surface area contributed by atoms with Crippen LogP contribution in [0.1, 0.15) is 47.9 Å². The van der Waals surface area contributed by atoms with Crippen molar-refractivity contribution in [3.05, 3.63) is 46.8 Å². The molecule has 28 heavy (non-hydrogen) atoms. The van der Waals surface area contributed by atoms with Crippen molar-refractivity contribution < 1.29 is 14.4 Å². The quantitative estimate of drug-likeness (QED) is 0.807. The number of hydrogen-bond donors (Lipinski definition) is 1. The van der Waals surface area contributed by atoms with Crippen molar-refractivity contribution in [3.63, 3.8) is 0 Å². The zero-order chi connectivity index (χ0) is 20.4. The number of benzene rings is 1. The largest absolute Gasteiger partial charge is 0.356 e. The predicted octanol–water partition coefficient (Wildman–Crippen LogP) is 2.84. The van der Waals surface area contributed by atoms with Crippen LogP contribution < -0.4 is 5.32 Å². The second-order valence-electron chi connectivity index (χ2n) is 7.47. The number of hydrogen-bond acceptors (Lipinski definition) is 5. The van der Waals surface area contributed by atoms with E-state index in [0.717, 1.165) is 27.8 Å². The van der Waals surface area contributed by atoms with Crippen LogP contribution in [0.2, 0.25) is 0 Å². The van der Waals surface area contributed by atoms with Gasteiger partial charge in [0.05, 0.1) is 0 Å². The Hall–Kier alpha value is -2.89. The first-order valence-corrected chi connectivity index (χ1v) is 9.55. The van der Waals surface area contributed by atoms with Crippen molar-refractivity contribution in [1.82, 2.24) is 15.3 Å². The number of carbonyl (C=O) groups excluding carboxylic acids is 3. The number of nitrogens with one attached hydrogen (secondary N) is 1. The molecule has 0 spiro atoms. The van der Waals surface area contributed by atoms with E-state index in [1.165, 1.54) is 0 Å². The lowest BCUT2D eigenvalue weighted by Crippen LogP contribution is -2.27. The molecular weight excluding hydrogens is 354 g/mol. The van der Waals surface area contributed by atoms with Crippen LogP contribution in [0.4, 0.5) is 0 Å². The summed E-state index contributed by atoms with van der Waals surface area (Å²) in [7, 11) is 0. The maximum Gasteiger partial charge on any atom is 0.220 e. The van der Waals surface area contributed by atoms with Crippen molar-refractivity contribution >= 4 is 17.5 Å². The molecule has 3 rings (SSSR count). The third-order valence-corrected chi connectivity index (χ3v) is 5.18. The molecule has 6 nitrogen and oxygen atoms in total. The summed E-state index contributed by atoms with van der Waals surface area (Å²) in [5, 5.41) is 2.70. The fourth-order valence-corrected chi connectivity index (χ4v) is 3.93. The molecule has 0 radical (unpaired) electrons. The highest BCUT2D eigenvalue weighted by molar-refractivity contribution is 6.15. The standard InChI is InChI=1S/C22H25N3O3/c1-5-23-18(27)9-15-8-17(26)20(21(15)28)19-13(3)6-16(7-14(19)4)22-24-10-12(2)11-25-22/h6-7,10-11,15,20H,5,8-9H2,1-4H3,(H,23,27). The van der Waals surface area contributed by atoms with E-state index in [4.69, 9.17) is 0 Å². The van der Waals surface area contributed by atoms with Crippen LogP contribution in [-0.4, -0.2) is 34.0 Å². The summed E-state index contributed by atoms with van der Waals surface area (Å²) >= 11 is 0. The number of rotatable bonds is 5. The third kappa shape index (κ3) is 3.86. The average Bonchev–Trinajstić information content (AvgIpc) is 2.89. The fourth-order valence-electron chi connectivity index (χ4n) is 3.93. The SMILES string of the molecule is CCNC(=O)CC1CC(=O)C(c2c(C)cc(-c3ncc(C)cn3)cc2C)C1=O. The van der Waals surface area contributed by atoms with Gasteiger partial charge in [0.15, 0.2) is 11.6 Å². The normalized spacial score (nSPS) is 19.1. The van der Waals surface area contributed by atoms with Gasteiger partial charge in [-0.15, -0.1) is 0 Å². The van der Waals surface area contributed by atoms with E-state index in [0.29, 0.717) is 12.4 Å². The van der Waals surface area contributed by atoms with E-state index >= 15 is 0 Å². The molecule has 146 valence electrons. The molecule has 6 heteroatoms. The summed E-state index contributed by atoms with van der Waals surface area (Å²) < 4.78 is 0. The zero-order valence-electron chi connectivity index (χ0n) is 16.7. The monoisotopic (exact) mass is 379 g/mol. The van der Waals surface area contributed by atoms with Crippen molar-refractivity contribution in [3.8, 4) is 11.4 Å². The topological polar surface area (TPSA) is 89.0 Å². The molecule has 0 bridgehead atoms. The Kier molecular flexibility index (Phi) is 5.68. The Bertz CT molecular complexity index is 912. The lowest BCUT2D eigenvalue weighted by Gasteiger charge is -2.17. The zero-order valence-corrected chi connectivity index (χ0v) is 16.7. The van der Waals surface area contributed by atoms with Gasteiger partial charge in [-0.05, 0) is 62.1 Å². The Morgan fingerprint density at radius 3 is 2.29 bits per heavy atom. The summed E-state index contributed by atoms with van der Waals surface area (Å²) in [5.41, 5.74) is 4.32. The van der Waals surface area contributed by atoms with Crippen LogP contribution in [0.15, 0.2) is 24.5 Å². The first-order valence-electron chi connectivity index (χ1n) is 9.55. The van der Waals surface area contributed by atoms with E-state index in [1.807, 2.05) is 39.8 Å². The van der Waals surface area contributed by atoms with Crippen molar-refractivity contribution in [2.24, 2.45) is 5.92 Å². The summed E-state index contributed by atoms with van der Waals surface area (Å²) in [6.45, 7) is 8.07. The van der Waals surface area contributed by atoms with E-state index in [9.17, 15) is 14.4 Å². The summed E-state index contributed by atoms with van der Waals surface area (Å²) in [6.07, 6.45) is 3.72. The molecule has 1 aliphatic carbocycles. The molecule has 1 amide bonds. The van der Waals surface area contributed by atoms with Gasteiger partial charge in [-0.2, -0.15) is 0 Å². The van der Waals surface area contributed by atoms with Gasteiger partial charge in [-0.25, -0.2) is 9.97 Å². The molecule has 1 N–H and O–H groups in total. The van der Waals surface area contributed by atoms with Gasteiger partial charge in [0, 0.05) is 43.3 Å². The smallest absolute Gasteiger partial charge is 0.220 e. The molecule has 2 atom stereocenters. The highest BCUT2D eigenvalue weighted by Crippen LogP contribution is 2.38. The Morgan fingerprint density at radius 2 is 1.71 bits per heavy atom. The molecule has 0 aliphatic heterocycles. The van der Waals surface area contributed by atoms with Gasteiger partial charge < -0.3 is 5.32 Å². The molecular formula is C22H25N3O3. The number of Topliss-reactive ketones (excluding diaryl/α,β-unsaturated/α-hetero) is 2. The number of ketones is 2. The van der Waals surface area contributed by atoms with Gasteiger partial charge in [0.25, 0.3) is 0 Å². The highest BCUT2D eigenvalue weighted by atomic mass is 16.2. The van der Waals surface area contributed by atoms with Crippen LogP contribution in [0.25, 0.3) is 11.4 Å². The average molecular weight is 379 g/mol. The van der Waals surface area contributed by atoms with E-state index in [-0.39, 0.29) is 30.3 Å². The van der Waals surface area contributed by atoms with E-state index < -0.39 is 11.8 Å². The van der Waals surface area contributed by atoms with Crippen LogP contribution >= 0.6 is 0 Å². The minimum Gasteiger partial charge on any atom is -0.356 e. The maximum absolute atomic E-state index is 12.9. The maximum atomic E-state index is 12.9. The summed E-state index contributed by atoms with van der Waals surface area (Å²) in [5.74, 6) is -1.15. The Balaban J connectivity index is 1.91. The predicted molar refractivity (Wildman–Crippen MR) is 106 cm³/mol. The van der Waals surface area contributed by atoms with Gasteiger partial charge in [-0.3, -0.25) is 14.4 Å². The van der Waals surface area contributed by atoms with Crippen LogP contribution in [0, 0.1) is 26.7 Å². The number of carbonyl (C=O) groups is 3. The van der Waals surface area contributed by atoms with Gasteiger partial charge in [-0.1, -0.05) is 0 Å². The second-order valence-corrected chi connectivity index (χ2v) is 7.47. The minimum atomic E-state index is -0.785. The second kappa shape index (κ2) is 8.00.